The third-order valence-corrected chi connectivity index (χ3v) is 17.7. The van der Waals surface area contributed by atoms with Crippen LogP contribution in [0.2, 0.25) is 13.1 Å². The molecule has 0 amide bonds. The van der Waals surface area contributed by atoms with Crippen molar-refractivity contribution in [3.05, 3.63) is 218 Å². The molecule has 0 bridgehead atoms. The number of rotatable bonds is 5. The molecule has 0 N–H and O–H groups in total. The maximum Gasteiger partial charge on any atom is 0.113 e. The van der Waals surface area contributed by atoms with E-state index in [2.05, 4.69) is 231 Å². The largest absolute Gasteiger partial charge is 0.113 e. The van der Waals surface area contributed by atoms with Crippen LogP contribution in [0.1, 0.15) is 0 Å². The van der Waals surface area contributed by atoms with Crippen LogP contribution in [0.3, 0.4) is 0 Å². The van der Waals surface area contributed by atoms with Gasteiger partial charge < -0.3 is 0 Å². The van der Waals surface area contributed by atoms with E-state index in [0.29, 0.717) is 0 Å². The standard InChI is InChI=1S/C62H42Si/c1-63(2)57-22-10-9-20-49(57)53-37-55-56(38-58(53)63)61(46-29-25-42(26-30-46)40-15-7-4-8-16-40)54-35-47(33-34-51(54)60(55)45-27-23-41(24-28-45)39-13-5-3-6-14-39)52-36-48-19-11-17-43-31-32-44-18-12-21-50(52)62(44)59(43)48/h3-38H,1-2H3. The number of benzene rings is 12. The van der Waals surface area contributed by atoms with Gasteiger partial charge >= 0.3 is 0 Å². The second-order valence-electron chi connectivity index (χ2n) is 18.0. The van der Waals surface area contributed by atoms with Gasteiger partial charge in [-0.15, -0.1) is 0 Å². The van der Waals surface area contributed by atoms with E-state index in [1.54, 1.807) is 0 Å². The van der Waals surface area contributed by atoms with Crippen LogP contribution in [-0.4, -0.2) is 8.07 Å². The zero-order valence-electron chi connectivity index (χ0n) is 35.3. The van der Waals surface area contributed by atoms with Gasteiger partial charge in [0.15, 0.2) is 0 Å². The molecule has 0 unspecified atom stereocenters. The summed E-state index contributed by atoms with van der Waals surface area (Å²) in [6, 6.07) is 82.3. The van der Waals surface area contributed by atoms with Crippen LogP contribution in [0.15, 0.2) is 218 Å². The molecule has 0 aromatic heterocycles. The molecule has 13 rings (SSSR count). The van der Waals surface area contributed by atoms with Crippen LogP contribution >= 0.6 is 0 Å². The van der Waals surface area contributed by atoms with E-state index in [4.69, 9.17) is 0 Å². The highest BCUT2D eigenvalue weighted by Crippen LogP contribution is 2.48. The SMILES string of the molecule is C[Si]1(C)c2ccccc2-c2cc3c(-c4ccc(-c5ccccc5)cc4)c4ccc(-c5cc6cccc7ccc8cccc5c8c76)cc4c(-c4ccc(-c5ccccc5)cc4)c3cc21. The molecule has 0 saturated carbocycles. The molecule has 1 aliphatic heterocycles. The summed E-state index contributed by atoms with van der Waals surface area (Å²) in [6.07, 6.45) is 0. The lowest BCUT2D eigenvalue weighted by molar-refractivity contribution is 1.60. The first kappa shape index (κ1) is 36.1. The lowest BCUT2D eigenvalue weighted by atomic mass is 9.82. The van der Waals surface area contributed by atoms with E-state index in [0.717, 1.165) is 0 Å². The maximum atomic E-state index is 2.61. The molecule has 0 aliphatic carbocycles. The molecule has 1 heterocycles. The second-order valence-corrected chi connectivity index (χ2v) is 22.3. The van der Waals surface area contributed by atoms with Gasteiger partial charge in [0, 0.05) is 0 Å². The fourth-order valence-electron chi connectivity index (χ4n) is 11.1. The van der Waals surface area contributed by atoms with Crippen molar-refractivity contribution < 1.29 is 0 Å². The molecule has 1 heteroatoms. The summed E-state index contributed by atoms with van der Waals surface area (Å²) < 4.78 is 0. The van der Waals surface area contributed by atoms with Crippen molar-refractivity contribution in [3.63, 3.8) is 0 Å². The molecule has 0 radical (unpaired) electrons. The summed E-state index contributed by atoms with van der Waals surface area (Å²) in [7, 11) is -2.02. The molecule has 12 aromatic carbocycles. The first-order chi connectivity index (χ1) is 31.0. The van der Waals surface area contributed by atoms with Crippen LogP contribution < -0.4 is 10.4 Å². The van der Waals surface area contributed by atoms with Crippen LogP contribution in [0, 0.1) is 0 Å². The molecular formula is C62H42Si. The Morgan fingerprint density at radius 1 is 0.254 bits per heavy atom. The minimum Gasteiger partial charge on any atom is -0.0623 e. The van der Waals surface area contributed by atoms with E-state index in [1.165, 1.54) is 131 Å². The molecule has 12 aromatic rings. The Bertz CT molecular complexity index is 3770. The molecular weight excluding hydrogens is 773 g/mol. The Morgan fingerprint density at radius 3 is 1.44 bits per heavy atom. The van der Waals surface area contributed by atoms with Crippen LogP contribution in [0.4, 0.5) is 0 Å². The predicted octanol–water partition coefficient (Wildman–Crippen LogP) is 16.0. The summed E-state index contributed by atoms with van der Waals surface area (Å²) in [4.78, 5) is 0. The summed E-state index contributed by atoms with van der Waals surface area (Å²) in [5.74, 6) is 0. The average Bonchev–Trinajstić information content (AvgIpc) is 3.57. The highest BCUT2D eigenvalue weighted by molar-refractivity contribution is 7.04. The molecule has 294 valence electrons. The number of hydrogen-bond acceptors (Lipinski definition) is 0. The van der Waals surface area contributed by atoms with Crippen molar-refractivity contribution in [1.29, 1.82) is 0 Å². The highest BCUT2D eigenvalue weighted by atomic mass is 28.3. The van der Waals surface area contributed by atoms with Gasteiger partial charge in [0.05, 0.1) is 0 Å². The van der Waals surface area contributed by atoms with Crippen molar-refractivity contribution in [1.82, 2.24) is 0 Å². The molecule has 0 nitrogen and oxygen atoms in total. The zero-order chi connectivity index (χ0) is 41.8. The average molecular weight is 815 g/mol. The van der Waals surface area contributed by atoms with Crippen molar-refractivity contribution in [2.75, 3.05) is 0 Å². The monoisotopic (exact) mass is 814 g/mol. The predicted molar refractivity (Wildman–Crippen MR) is 275 cm³/mol. The van der Waals surface area contributed by atoms with Gasteiger partial charge in [0.1, 0.15) is 8.07 Å². The number of fused-ring (bicyclic) bond motifs is 5. The van der Waals surface area contributed by atoms with Crippen molar-refractivity contribution >= 4 is 72.3 Å². The van der Waals surface area contributed by atoms with Crippen molar-refractivity contribution in [2.45, 2.75) is 13.1 Å². The van der Waals surface area contributed by atoms with Gasteiger partial charge in [0.25, 0.3) is 0 Å². The summed E-state index contributed by atoms with van der Waals surface area (Å²) >= 11 is 0. The Labute approximate surface area is 368 Å². The van der Waals surface area contributed by atoms with E-state index in [1.807, 2.05) is 0 Å². The maximum absolute atomic E-state index is 2.61. The minimum atomic E-state index is -2.02. The molecule has 1 aliphatic rings. The van der Waals surface area contributed by atoms with E-state index < -0.39 is 8.07 Å². The normalized spacial score (nSPS) is 13.0. The van der Waals surface area contributed by atoms with Crippen molar-refractivity contribution in [3.8, 4) is 66.8 Å². The Kier molecular flexibility index (Phi) is 7.86. The first-order valence-corrected chi connectivity index (χ1v) is 25.2. The zero-order valence-corrected chi connectivity index (χ0v) is 36.3. The fraction of sp³-hybridized carbons (Fsp3) is 0.0323. The molecule has 0 fully saturated rings. The Morgan fingerprint density at radius 2 is 0.762 bits per heavy atom. The highest BCUT2D eigenvalue weighted by Gasteiger charge is 2.38. The van der Waals surface area contributed by atoms with Gasteiger partial charge in [0.2, 0.25) is 0 Å². The third kappa shape index (κ3) is 5.46. The van der Waals surface area contributed by atoms with E-state index in [-0.39, 0.29) is 0 Å². The molecule has 63 heavy (non-hydrogen) atoms. The van der Waals surface area contributed by atoms with E-state index >= 15 is 0 Å². The lowest BCUT2D eigenvalue weighted by Gasteiger charge is -2.23. The molecule has 0 atom stereocenters. The van der Waals surface area contributed by atoms with Crippen LogP contribution in [0.5, 0.6) is 0 Å². The topological polar surface area (TPSA) is 0 Å². The summed E-state index contributed by atoms with van der Waals surface area (Å²) in [5, 5.41) is 16.0. The van der Waals surface area contributed by atoms with Gasteiger partial charge in [-0.05, 0) is 149 Å². The second kappa shape index (κ2) is 13.7. The van der Waals surface area contributed by atoms with E-state index in [9.17, 15) is 0 Å². The third-order valence-electron chi connectivity index (χ3n) is 14.2. The summed E-state index contributed by atoms with van der Waals surface area (Å²) in [5.41, 5.74) is 15.3. The van der Waals surface area contributed by atoms with Gasteiger partial charge in [-0.25, -0.2) is 0 Å². The fourth-order valence-corrected chi connectivity index (χ4v) is 14.2. The van der Waals surface area contributed by atoms with Gasteiger partial charge in [-0.1, -0.05) is 213 Å². The Balaban J connectivity index is 1.15. The Hall–Kier alpha value is -7.58. The van der Waals surface area contributed by atoms with Crippen molar-refractivity contribution in [2.24, 2.45) is 0 Å². The van der Waals surface area contributed by atoms with Crippen LogP contribution in [-0.2, 0) is 0 Å². The smallest absolute Gasteiger partial charge is 0.0623 e. The van der Waals surface area contributed by atoms with Gasteiger partial charge in [-0.2, -0.15) is 0 Å². The summed E-state index contributed by atoms with van der Waals surface area (Å²) in [6.45, 7) is 5.07. The lowest BCUT2D eigenvalue weighted by Crippen LogP contribution is -2.49. The number of hydrogen-bond donors (Lipinski definition) is 0. The quantitative estimate of drug-likeness (QED) is 0.0922. The van der Waals surface area contributed by atoms with Crippen LogP contribution in [0.25, 0.3) is 121 Å². The first-order valence-electron chi connectivity index (χ1n) is 22.2. The minimum absolute atomic E-state index is 1.22. The molecule has 0 spiro atoms. The molecule has 0 saturated heterocycles. The van der Waals surface area contributed by atoms with Gasteiger partial charge in [-0.3, -0.25) is 0 Å².